The van der Waals surface area contributed by atoms with Gasteiger partial charge in [0.25, 0.3) is 0 Å². The average molecular weight is 375 g/mol. The number of nitrogens with one attached hydrogen (secondary N) is 2. The molecule has 152 valence electrons. The molecule has 2 unspecified atom stereocenters. The van der Waals surface area contributed by atoms with E-state index in [1.165, 1.54) is 24.9 Å². The van der Waals surface area contributed by atoms with E-state index in [-0.39, 0.29) is 6.61 Å². The Morgan fingerprint density at radius 1 is 1.22 bits per heavy atom. The summed E-state index contributed by atoms with van der Waals surface area (Å²) in [6.07, 6.45) is 5.60. The second-order valence-corrected chi connectivity index (χ2v) is 7.52. The number of nitrogens with zero attached hydrogens (tertiary/aromatic N) is 2. The molecule has 1 saturated heterocycles. The second kappa shape index (κ2) is 12.7. The van der Waals surface area contributed by atoms with E-state index in [4.69, 9.17) is 4.99 Å². The molecule has 0 saturated carbocycles. The highest BCUT2D eigenvalue weighted by Gasteiger charge is 2.24. The van der Waals surface area contributed by atoms with Crippen LogP contribution in [0.25, 0.3) is 0 Å². The van der Waals surface area contributed by atoms with Gasteiger partial charge in [-0.1, -0.05) is 43.7 Å². The lowest BCUT2D eigenvalue weighted by atomic mass is 10.0. The van der Waals surface area contributed by atoms with Crippen LogP contribution in [0.5, 0.6) is 0 Å². The first-order valence-corrected chi connectivity index (χ1v) is 10.7. The maximum absolute atomic E-state index is 9.24. The fourth-order valence-corrected chi connectivity index (χ4v) is 3.85. The number of aliphatic imine (C=N–C) groups is 1. The summed E-state index contributed by atoms with van der Waals surface area (Å²) in [6.45, 7) is 9.31. The van der Waals surface area contributed by atoms with Gasteiger partial charge in [0.15, 0.2) is 5.96 Å². The summed E-state index contributed by atoms with van der Waals surface area (Å²) in [5.74, 6) is 1.37. The molecule has 0 radical (unpaired) electrons. The number of aliphatic hydroxyl groups excluding tert-OH is 1. The summed E-state index contributed by atoms with van der Waals surface area (Å²) in [4.78, 5) is 7.37. The van der Waals surface area contributed by atoms with Crippen molar-refractivity contribution in [1.82, 2.24) is 15.5 Å². The van der Waals surface area contributed by atoms with Gasteiger partial charge in [-0.25, -0.2) is 0 Å². The van der Waals surface area contributed by atoms with Gasteiger partial charge in [0.1, 0.15) is 0 Å². The van der Waals surface area contributed by atoms with E-state index in [1.54, 1.807) is 0 Å². The molecule has 0 amide bonds. The van der Waals surface area contributed by atoms with Crippen LogP contribution in [0.15, 0.2) is 35.3 Å². The lowest BCUT2D eigenvalue weighted by molar-refractivity contribution is 0.245. The van der Waals surface area contributed by atoms with Crippen LogP contribution < -0.4 is 10.6 Å². The maximum Gasteiger partial charge on any atom is 0.191 e. The number of hydrogen-bond acceptors (Lipinski definition) is 3. The Bertz CT molecular complexity index is 528. The molecule has 1 heterocycles. The van der Waals surface area contributed by atoms with E-state index in [2.05, 4.69) is 59.7 Å². The van der Waals surface area contributed by atoms with Crippen molar-refractivity contribution in [3.05, 3.63) is 35.9 Å². The number of benzene rings is 1. The monoisotopic (exact) mass is 374 g/mol. The van der Waals surface area contributed by atoms with Crippen molar-refractivity contribution in [1.29, 1.82) is 0 Å². The normalized spacial score (nSPS) is 19.2. The zero-order valence-electron chi connectivity index (χ0n) is 17.2. The van der Waals surface area contributed by atoms with Crippen LogP contribution >= 0.6 is 0 Å². The van der Waals surface area contributed by atoms with E-state index >= 15 is 0 Å². The molecule has 1 aliphatic heterocycles. The molecule has 5 nitrogen and oxygen atoms in total. The van der Waals surface area contributed by atoms with Crippen LogP contribution in [0.2, 0.25) is 0 Å². The fraction of sp³-hybridized carbons (Fsp3) is 0.682. The largest absolute Gasteiger partial charge is 0.396 e. The summed E-state index contributed by atoms with van der Waals surface area (Å²) >= 11 is 0. The van der Waals surface area contributed by atoms with E-state index in [9.17, 15) is 5.11 Å². The first kappa shape index (κ1) is 21.7. The summed E-state index contributed by atoms with van der Waals surface area (Å²) < 4.78 is 0. The molecule has 0 aromatic heterocycles. The van der Waals surface area contributed by atoms with Crippen molar-refractivity contribution in [3.63, 3.8) is 0 Å². The molecule has 5 heteroatoms. The number of rotatable bonds is 11. The van der Waals surface area contributed by atoms with Gasteiger partial charge in [0.2, 0.25) is 0 Å². The average Bonchev–Trinajstić information content (AvgIpc) is 3.12. The van der Waals surface area contributed by atoms with Crippen molar-refractivity contribution in [2.45, 2.75) is 58.5 Å². The third kappa shape index (κ3) is 7.89. The van der Waals surface area contributed by atoms with Gasteiger partial charge in [0.05, 0.1) is 0 Å². The highest BCUT2D eigenvalue weighted by molar-refractivity contribution is 5.79. The van der Waals surface area contributed by atoms with E-state index in [1.807, 2.05) is 0 Å². The van der Waals surface area contributed by atoms with Crippen molar-refractivity contribution in [3.8, 4) is 0 Å². The fourth-order valence-electron chi connectivity index (χ4n) is 3.85. The van der Waals surface area contributed by atoms with Crippen LogP contribution in [0.3, 0.4) is 0 Å². The predicted molar refractivity (Wildman–Crippen MR) is 114 cm³/mol. The van der Waals surface area contributed by atoms with E-state index in [0.717, 1.165) is 51.4 Å². The third-order valence-corrected chi connectivity index (χ3v) is 5.32. The van der Waals surface area contributed by atoms with Crippen molar-refractivity contribution in [2.75, 3.05) is 32.8 Å². The van der Waals surface area contributed by atoms with Gasteiger partial charge in [-0.05, 0) is 50.6 Å². The summed E-state index contributed by atoms with van der Waals surface area (Å²) in [7, 11) is 0. The highest BCUT2D eigenvalue weighted by atomic mass is 16.3. The Labute approximate surface area is 165 Å². The van der Waals surface area contributed by atoms with E-state index in [0.29, 0.717) is 12.0 Å². The van der Waals surface area contributed by atoms with Crippen LogP contribution in [-0.2, 0) is 6.54 Å². The molecular weight excluding hydrogens is 336 g/mol. The van der Waals surface area contributed by atoms with Gasteiger partial charge >= 0.3 is 0 Å². The minimum absolute atomic E-state index is 0.251. The Kier molecular flexibility index (Phi) is 10.2. The summed E-state index contributed by atoms with van der Waals surface area (Å²) in [5.41, 5.74) is 1.39. The lowest BCUT2D eigenvalue weighted by Crippen LogP contribution is -2.45. The van der Waals surface area contributed by atoms with Gasteiger partial charge < -0.3 is 15.7 Å². The molecule has 3 N–H and O–H groups in total. The molecule has 2 atom stereocenters. The number of likely N-dealkylation sites (tertiary alicyclic amines) is 1. The summed E-state index contributed by atoms with van der Waals surface area (Å²) in [6, 6.07) is 11.3. The molecule has 0 bridgehead atoms. The molecule has 2 rings (SSSR count). The van der Waals surface area contributed by atoms with Crippen LogP contribution in [-0.4, -0.2) is 54.8 Å². The molecule has 0 spiro atoms. The molecular formula is C22H38N4O. The lowest BCUT2D eigenvalue weighted by Gasteiger charge is -2.25. The predicted octanol–water partition coefficient (Wildman–Crippen LogP) is 3.00. The van der Waals surface area contributed by atoms with Crippen molar-refractivity contribution >= 4 is 5.96 Å². The second-order valence-electron chi connectivity index (χ2n) is 7.52. The Morgan fingerprint density at radius 2 is 2.04 bits per heavy atom. The quantitative estimate of drug-likeness (QED) is 0.412. The molecule has 1 aromatic rings. The first-order chi connectivity index (χ1) is 13.3. The van der Waals surface area contributed by atoms with Crippen molar-refractivity contribution in [2.24, 2.45) is 10.9 Å². The standard InChI is InChI=1S/C22H38N4O/c1-3-9-19(13-15-27)16-24-22(23-4-2)25-17-21-12-8-14-26(21)18-20-10-6-5-7-11-20/h5-7,10-11,19,21,27H,3-4,8-9,12-18H2,1-2H3,(H2,23,24,25). The van der Waals surface area contributed by atoms with Gasteiger partial charge in [-0.3, -0.25) is 9.89 Å². The van der Waals surface area contributed by atoms with Crippen LogP contribution in [0.4, 0.5) is 0 Å². The number of aliphatic hydroxyl groups is 1. The highest BCUT2D eigenvalue weighted by Crippen LogP contribution is 2.19. The number of hydrogen-bond donors (Lipinski definition) is 3. The van der Waals surface area contributed by atoms with Gasteiger partial charge in [0, 0.05) is 38.8 Å². The Balaban J connectivity index is 1.86. The third-order valence-electron chi connectivity index (χ3n) is 5.32. The minimum atomic E-state index is 0.251. The summed E-state index contributed by atoms with van der Waals surface area (Å²) in [5, 5.41) is 16.2. The van der Waals surface area contributed by atoms with Gasteiger partial charge in [-0.2, -0.15) is 0 Å². The molecule has 1 aromatic carbocycles. The molecule has 0 aliphatic carbocycles. The number of guanidine groups is 1. The minimum Gasteiger partial charge on any atom is -0.396 e. The van der Waals surface area contributed by atoms with Gasteiger partial charge in [-0.15, -0.1) is 0 Å². The topological polar surface area (TPSA) is 59.9 Å². The molecule has 27 heavy (non-hydrogen) atoms. The van der Waals surface area contributed by atoms with Crippen LogP contribution in [0.1, 0.15) is 51.5 Å². The maximum atomic E-state index is 9.24. The first-order valence-electron chi connectivity index (χ1n) is 10.7. The zero-order chi connectivity index (χ0) is 19.3. The van der Waals surface area contributed by atoms with Crippen molar-refractivity contribution < 1.29 is 5.11 Å². The Hall–Kier alpha value is -1.59. The molecule has 1 fully saturated rings. The SMILES string of the molecule is CCCC(CCO)CN=C(NCC)NCC1CCCN1Cc1ccccc1. The zero-order valence-corrected chi connectivity index (χ0v) is 17.2. The van der Waals surface area contributed by atoms with Crippen LogP contribution in [0, 0.1) is 5.92 Å². The smallest absolute Gasteiger partial charge is 0.191 e. The molecule has 1 aliphatic rings. The Morgan fingerprint density at radius 3 is 2.74 bits per heavy atom. The van der Waals surface area contributed by atoms with E-state index < -0.39 is 0 Å².